The number of unbranched alkanes of at least 4 members (excludes halogenated alkanes) is 5. The summed E-state index contributed by atoms with van der Waals surface area (Å²) in [4.78, 5) is 4.23. The van der Waals surface area contributed by atoms with Crippen molar-refractivity contribution in [2.45, 2.75) is 45.4 Å². The van der Waals surface area contributed by atoms with Crippen LogP contribution >= 0.6 is 24.0 Å². The molecule has 3 N–H and O–H groups in total. The third kappa shape index (κ3) is 10.7. The van der Waals surface area contributed by atoms with Crippen LogP contribution in [0.2, 0.25) is 0 Å². The molecule has 7 nitrogen and oxygen atoms in total. The van der Waals surface area contributed by atoms with Gasteiger partial charge < -0.3 is 15.8 Å². The molecule has 1 aliphatic rings. The van der Waals surface area contributed by atoms with Gasteiger partial charge in [-0.05, 0) is 6.42 Å². The van der Waals surface area contributed by atoms with Crippen molar-refractivity contribution in [3.8, 4) is 0 Å². The zero-order valence-corrected chi connectivity index (χ0v) is 17.9. The van der Waals surface area contributed by atoms with E-state index in [1.807, 2.05) is 0 Å². The SMILES string of the molecule is CCCCCCCCN=C(N)NCCS(=O)(=O)N1CCOCC1.I. The summed E-state index contributed by atoms with van der Waals surface area (Å²) < 4.78 is 30.8. The highest BCUT2D eigenvalue weighted by molar-refractivity contribution is 14.0. The van der Waals surface area contributed by atoms with Crippen LogP contribution in [0.15, 0.2) is 4.99 Å². The molecule has 0 aromatic rings. The van der Waals surface area contributed by atoms with E-state index in [-0.39, 0.29) is 36.3 Å². The molecule has 0 aromatic heterocycles. The molecule has 0 bridgehead atoms. The monoisotopic (exact) mass is 476 g/mol. The third-order valence-electron chi connectivity index (χ3n) is 3.82. The Morgan fingerprint density at radius 1 is 1.17 bits per heavy atom. The van der Waals surface area contributed by atoms with Crippen molar-refractivity contribution in [2.24, 2.45) is 10.7 Å². The van der Waals surface area contributed by atoms with E-state index < -0.39 is 10.0 Å². The Bertz CT molecular complexity index is 440. The van der Waals surface area contributed by atoms with Gasteiger partial charge in [-0.2, -0.15) is 4.31 Å². The van der Waals surface area contributed by atoms with Crippen LogP contribution in [0.25, 0.3) is 0 Å². The number of hydrogen-bond donors (Lipinski definition) is 2. The molecule has 0 radical (unpaired) electrons. The molecule has 0 aromatic carbocycles. The molecule has 0 atom stereocenters. The van der Waals surface area contributed by atoms with E-state index >= 15 is 0 Å². The van der Waals surface area contributed by atoms with E-state index in [1.54, 1.807) is 0 Å². The molecule has 1 aliphatic heterocycles. The summed E-state index contributed by atoms with van der Waals surface area (Å²) in [6, 6.07) is 0. The highest BCUT2D eigenvalue weighted by Crippen LogP contribution is 2.05. The maximum absolute atomic E-state index is 12.1. The minimum Gasteiger partial charge on any atom is -0.379 e. The standard InChI is InChI=1S/C15H32N4O3S.HI/c1-2-3-4-5-6-7-8-17-15(16)18-9-14-23(20,21)19-10-12-22-13-11-19;/h2-14H2,1H3,(H3,16,17,18);1H. The van der Waals surface area contributed by atoms with Gasteiger partial charge in [-0.15, -0.1) is 24.0 Å². The minimum atomic E-state index is -3.24. The average Bonchev–Trinajstić information content (AvgIpc) is 2.54. The third-order valence-corrected chi connectivity index (χ3v) is 5.70. The lowest BCUT2D eigenvalue weighted by molar-refractivity contribution is 0.0730. The molecule has 0 spiro atoms. The molecular weight excluding hydrogens is 443 g/mol. The van der Waals surface area contributed by atoms with Gasteiger partial charge in [0, 0.05) is 26.2 Å². The first-order chi connectivity index (χ1) is 11.1. The molecule has 0 saturated carbocycles. The smallest absolute Gasteiger partial charge is 0.215 e. The topological polar surface area (TPSA) is 97.0 Å². The maximum Gasteiger partial charge on any atom is 0.215 e. The molecule has 0 unspecified atom stereocenters. The Hall–Kier alpha value is -0.130. The summed E-state index contributed by atoms with van der Waals surface area (Å²) >= 11 is 0. The lowest BCUT2D eigenvalue weighted by atomic mass is 10.1. The molecule has 1 saturated heterocycles. The van der Waals surface area contributed by atoms with Crippen LogP contribution in [0, 0.1) is 0 Å². The van der Waals surface area contributed by atoms with Gasteiger partial charge in [-0.1, -0.05) is 39.0 Å². The largest absolute Gasteiger partial charge is 0.379 e. The summed E-state index contributed by atoms with van der Waals surface area (Å²) in [5.74, 6) is 0.357. The molecule has 1 heterocycles. The summed E-state index contributed by atoms with van der Waals surface area (Å²) in [5.41, 5.74) is 5.75. The normalized spacial score (nSPS) is 16.6. The Morgan fingerprint density at radius 3 is 2.46 bits per heavy atom. The maximum atomic E-state index is 12.1. The first-order valence-corrected chi connectivity index (χ1v) is 10.3. The number of sulfonamides is 1. The van der Waals surface area contributed by atoms with Crippen LogP contribution < -0.4 is 11.1 Å². The molecule has 0 aliphatic carbocycles. The highest BCUT2D eigenvalue weighted by atomic mass is 127. The zero-order valence-electron chi connectivity index (χ0n) is 14.7. The van der Waals surface area contributed by atoms with Crippen molar-refractivity contribution in [1.29, 1.82) is 0 Å². The van der Waals surface area contributed by atoms with Crippen LogP contribution in [0.3, 0.4) is 0 Å². The molecule has 24 heavy (non-hydrogen) atoms. The fraction of sp³-hybridized carbons (Fsp3) is 0.933. The number of halogens is 1. The van der Waals surface area contributed by atoms with Crippen molar-refractivity contribution in [2.75, 3.05) is 45.1 Å². The van der Waals surface area contributed by atoms with Gasteiger partial charge in [0.2, 0.25) is 10.0 Å². The lowest BCUT2D eigenvalue weighted by Gasteiger charge is -2.26. The van der Waals surface area contributed by atoms with Gasteiger partial charge in [0.1, 0.15) is 0 Å². The predicted molar refractivity (Wildman–Crippen MR) is 109 cm³/mol. The first-order valence-electron chi connectivity index (χ1n) is 8.65. The van der Waals surface area contributed by atoms with Crippen LogP contribution in [0.1, 0.15) is 45.4 Å². The highest BCUT2D eigenvalue weighted by Gasteiger charge is 2.23. The van der Waals surface area contributed by atoms with Crippen LogP contribution in [0.4, 0.5) is 0 Å². The van der Waals surface area contributed by atoms with E-state index in [1.165, 1.54) is 36.4 Å². The van der Waals surface area contributed by atoms with Crippen LogP contribution in [-0.2, 0) is 14.8 Å². The molecule has 1 rings (SSSR count). The van der Waals surface area contributed by atoms with Crippen molar-refractivity contribution < 1.29 is 13.2 Å². The molecule has 9 heteroatoms. The number of nitrogens with one attached hydrogen (secondary N) is 1. The molecule has 144 valence electrons. The number of hydrogen-bond acceptors (Lipinski definition) is 4. The Morgan fingerprint density at radius 2 is 1.79 bits per heavy atom. The van der Waals surface area contributed by atoms with Crippen molar-refractivity contribution >= 4 is 40.0 Å². The van der Waals surface area contributed by atoms with Crippen molar-refractivity contribution in [1.82, 2.24) is 9.62 Å². The van der Waals surface area contributed by atoms with Gasteiger partial charge in [-0.25, -0.2) is 8.42 Å². The Balaban J connectivity index is 0.00000529. The van der Waals surface area contributed by atoms with E-state index in [2.05, 4.69) is 17.2 Å². The average molecular weight is 476 g/mol. The fourth-order valence-corrected chi connectivity index (χ4v) is 3.73. The van der Waals surface area contributed by atoms with Gasteiger partial charge in [0.15, 0.2) is 5.96 Å². The fourth-order valence-electron chi connectivity index (χ4n) is 2.41. The summed E-state index contributed by atoms with van der Waals surface area (Å²) in [6.07, 6.45) is 7.27. The second-order valence-corrected chi connectivity index (χ2v) is 7.88. The van der Waals surface area contributed by atoms with Gasteiger partial charge in [0.05, 0.1) is 19.0 Å². The van der Waals surface area contributed by atoms with E-state index in [4.69, 9.17) is 10.5 Å². The van der Waals surface area contributed by atoms with Crippen LogP contribution in [0.5, 0.6) is 0 Å². The number of guanidine groups is 1. The Kier molecular flexibility index (Phi) is 14.0. The van der Waals surface area contributed by atoms with E-state index in [0.29, 0.717) is 38.8 Å². The van der Waals surface area contributed by atoms with Crippen molar-refractivity contribution in [3.05, 3.63) is 0 Å². The number of nitrogens with two attached hydrogens (primary N) is 1. The quantitative estimate of drug-likeness (QED) is 0.204. The van der Waals surface area contributed by atoms with Crippen LogP contribution in [-0.4, -0.2) is 63.8 Å². The number of nitrogens with zero attached hydrogens (tertiary/aromatic N) is 2. The summed E-state index contributed by atoms with van der Waals surface area (Å²) in [5, 5.41) is 2.88. The Labute approximate surface area is 163 Å². The molecule has 0 amide bonds. The molecular formula is C15H33IN4O3S. The van der Waals surface area contributed by atoms with Gasteiger partial charge in [-0.3, -0.25) is 4.99 Å². The molecule has 1 fully saturated rings. The zero-order chi connectivity index (χ0) is 17.0. The van der Waals surface area contributed by atoms with Gasteiger partial charge in [0.25, 0.3) is 0 Å². The second-order valence-electron chi connectivity index (χ2n) is 5.79. The summed E-state index contributed by atoms with van der Waals surface area (Å²) in [6.45, 7) is 4.99. The van der Waals surface area contributed by atoms with Crippen molar-refractivity contribution in [3.63, 3.8) is 0 Å². The lowest BCUT2D eigenvalue weighted by Crippen LogP contribution is -2.44. The number of rotatable bonds is 11. The van der Waals surface area contributed by atoms with Gasteiger partial charge >= 0.3 is 0 Å². The summed E-state index contributed by atoms with van der Waals surface area (Å²) in [7, 11) is -3.24. The van der Waals surface area contributed by atoms with E-state index in [9.17, 15) is 8.42 Å². The van der Waals surface area contributed by atoms with E-state index in [0.717, 1.165) is 6.42 Å². The predicted octanol–water partition coefficient (Wildman–Crippen LogP) is 1.53. The number of aliphatic imine (C=N–C) groups is 1. The number of morpholine rings is 1. The number of ether oxygens (including phenoxy) is 1. The second kappa shape index (κ2) is 14.1. The minimum absolute atomic E-state index is 0. The first kappa shape index (κ1) is 23.9.